The Morgan fingerprint density at radius 3 is 2.29 bits per heavy atom. The Hall–Kier alpha value is -2.36. The number of carbonyl (C=O) groups is 2. The SMILES string of the molecule is C#C.CC(C)(O)CNC=O.CN[C@@H]1CCC[C@@H]1C(=O)N1CCC(c2ccc(C)cc2)C(C)(C)C1. The van der Waals surface area contributed by atoms with Crippen LogP contribution in [0.1, 0.15) is 70.4 Å². The minimum atomic E-state index is -0.791. The zero-order valence-electron chi connectivity index (χ0n) is 21.9. The Balaban J connectivity index is 0.000000493. The van der Waals surface area contributed by atoms with Crippen LogP contribution in [0, 0.1) is 31.1 Å². The van der Waals surface area contributed by atoms with Gasteiger partial charge in [0.15, 0.2) is 0 Å². The molecule has 1 aromatic rings. The molecule has 1 saturated carbocycles. The average molecular weight is 472 g/mol. The smallest absolute Gasteiger partial charge is 0.227 e. The number of aryl methyl sites for hydroxylation is 1. The topological polar surface area (TPSA) is 81.7 Å². The number of piperidine rings is 1. The van der Waals surface area contributed by atoms with Gasteiger partial charge >= 0.3 is 0 Å². The Labute approximate surface area is 206 Å². The first kappa shape index (κ1) is 29.7. The molecule has 0 spiro atoms. The Morgan fingerprint density at radius 1 is 1.21 bits per heavy atom. The molecule has 2 aliphatic rings. The van der Waals surface area contributed by atoms with Gasteiger partial charge in [-0.2, -0.15) is 0 Å². The van der Waals surface area contributed by atoms with E-state index in [0.29, 0.717) is 30.8 Å². The third-order valence-electron chi connectivity index (χ3n) is 6.84. The highest BCUT2D eigenvalue weighted by Crippen LogP contribution is 2.43. The second-order valence-electron chi connectivity index (χ2n) is 10.7. The minimum absolute atomic E-state index is 0.122. The molecule has 1 heterocycles. The Bertz CT molecular complexity index is 780. The van der Waals surface area contributed by atoms with Crippen LogP contribution in [-0.2, 0) is 9.59 Å². The summed E-state index contributed by atoms with van der Waals surface area (Å²) >= 11 is 0. The molecular formula is C28H45N3O3. The average Bonchev–Trinajstić information content (AvgIpc) is 3.27. The summed E-state index contributed by atoms with van der Waals surface area (Å²) < 4.78 is 0. The number of carbonyl (C=O) groups excluding carboxylic acids is 2. The Kier molecular flexibility index (Phi) is 11.8. The lowest BCUT2D eigenvalue weighted by atomic mass is 9.70. The van der Waals surface area contributed by atoms with Gasteiger partial charge in [0.2, 0.25) is 12.3 Å². The molecule has 1 aromatic carbocycles. The van der Waals surface area contributed by atoms with Crippen LogP contribution in [0.25, 0.3) is 0 Å². The molecule has 3 atom stereocenters. The van der Waals surface area contributed by atoms with Crippen molar-refractivity contribution in [1.82, 2.24) is 15.5 Å². The molecule has 0 bridgehead atoms. The first-order valence-corrected chi connectivity index (χ1v) is 12.2. The van der Waals surface area contributed by atoms with E-state index in [1.807, 2.05) is 7.05 Å². The maximum atomic E-state index is 13.0. The van der Waals surface area contributed by atoms with E-state index in [1.165, 1.54) is 17.5 Å². The van der Waals surface area contributed by atoms with E-state index in [4.69, 9.17) is 5.11 Å². The number of amides is 2. The zero-order valence-corrected chi connectivity index (χ0v) is 21.9. The van der Waals surface area contributed by atoms with E-state index in [0.717, 1.165) is 32.4 Å². The maximum absolute atomic E-state index is 13.0. The number of nitrogens with zero attached hydrogens (tertiary/aromatic N) is 1. The van der Waals surface area contributed by atoms with Crippen LogP contribution in [0.3, 0.4) is 0 Å². The van der Waals surface area contributed by atoms with Gasteiger partial charge in [-0.1, -0.05) is 50.1 Å². The molecule has 34 heavy (non-hydrogen) atoms. The van der Waals surface area contributed by atoms with Gasteiger partial charge in [0, 0.05) is 25.7 Å². The van der Waals surface area contributed by atoms with Gasteiger partial charge in [-0.15, -0.1) is 12.8 Å². The van der Waals surface area contributed by atoms with Crippen LogP contribution in [0.5, 0.6) is 0 Å². The highest BCUT2D eigenvalue weighted by atomic mass is 16.3. The lowest BCUT2D eigenvalue weighted by molar-refractivity contribution is -0.139. The minimum Gasteiger partial charge on any atom is -0.389 e. The summed E-state index contributed by atoms with van der Waals surface area (Å²) in [6.45, 7) is 12.1. The van der Waals surface area contributed by atoms with Crippen molar-refractivity contribution in [2.75, 3.05) is 26.7 Å². The van der Waals surface area contributed by atoms with Gasteiger partial charge in [-0.25, -0.2) is 0 Å². The van der Waals surface area contributed by atoms with Gasteiger partial charge < -0.3 is 20.6 Å². The molecule has 6 heteroatoms. The van der Waals surface area contributed by atoms with Gasteiger partial charge in [-0.3, -0.25) is 9.59 Å². The molecule has 3 N–H and O–H groups in total. The number of hydrogen-bond acceptors (Lipinski definition) is 4. The van der Waals surface area contributed by atoms with Crippen LogP contribution < -0.4 is 10.6 Å². The van der Waals surface area contributed by atoms with Crippen molar-refractivity contribution in [2.45, 2.75) is 77.9 Å². The van der Waals surface area contributed by atoms with Crippen molar-refractivity contribution in [2.24, 2.45) is 11.3 Å². The summed E-state index contributed by atoms with van der Waals surface area (Å²) in [6, 6.07) is 9.33. The van der Waals surface area contributed by atoms with Gasteiger partial charge in [0.05, 0.1) is 11.5 Å². The molecule has 1 unspecified atom stereocenters. The molecule has 1 saturated heterocycles. The molecule has 2 fully saturated rings. The van der Waals surface area contributed by atoms with Crippen LogP contribution in [0.15, 0.2) is 24.3 Å². The predicted molar refractivity (Wildman–Crippen MR) is 139 cm³/mol. The lowest BCUT2D eigenvalue weighted by Crippen LogP contribution is -2.51. The summed E-state index contributed by atoms with van der Waals surface area (Å²) in [5, 5.41) is 14.6. The number of rotatable bonds is 6. The fraction of sp³-hybridized carbons (Fsp3) is 0.643. The second kappa shape index (κ2) is 13.5. The van der Waals surface area contributed by atoms with Gasteiger partial charge in [0.1, 0.15) is 0 Å². The second-order valence-corrected chi connectivity index (χ2v) is 10.7. The normalized spacial score (nSPS) is 23.6. The van der Waals surface area contributed by atoms with E-state index in [1.54, 1.807) is 13.8 Å². The molecule has 3 rings (SSSR count). The highest BCUT2D eigenvalue weighted by Gasteiger charge is 2.41. The quantitative estimate of drug-likeness (QED) is 0.438. The summed E-state index contributed by atoms with van der Waals surface area (Å²) in [5.41, 5.74) is 2.06. The van der Waals surface area contributed by atoms with Gasteiger partial charge in [-0.05, 0) is 64.0 Å². The van der Waals surface area contributed by atoms with E-state index >= 15 is 0 Å². The summed E-state index contributed by atoms with van der Waals surface area (Å²) in [5.74, 6) is 1.09. The van der Waals surface area contributed by atoms with E-state index in [-0.39, 0.29) is 11.3 Å². The number of terminal acetylenes is 1. The van der Waals surface area contributed by atoms with Gasteiger partial charge in [0.25, 0.3) is 0 Å². The molecule has 0 aromatic heterocycles. The first-order chi connectivity index (χ1) is 16.0. The fourth-order valence-electron chi connectivity index (χ4n) is 5.09. The number of likely N-dealkylation sites (tertiary alicyclic amines) is 1. The Morgan fingerprint density at radius 2 is 1.82 bits per heavy atom. The summed E-state index contributed by atoms with van der Waals surface area (Å²) in [4.78, 5) is 24.8. The number of benzene rings is 1. The largest absolute Gasteiger partial charge is 0.389 e. The van der Waals surface area contributed by atoms with Crippen molar-refractivity contribution in [3.05, 3.63) is 35.4 Å². The summed E-state index contributed by atoms with van der Waals surface area (Å²) in [6.07, 6.45) is 13.0. The fourth-order valence-corrected chi connectivity index (χ4v) is 5.09. The third-order valence-corrected chi connectivity index (χ3v) is 6.84. The molecule has 6 nitrogen and oxygen atoms in total. The molecular weight excluding hydrogens is 426 g/mol. The lowest BCUT2D eigenvalue weighted by Gasteiger charge is -2.45. The molecule has 0 radical (unpaired) electrons. The zero-order chi connectivity index (χ0) is 25.9. The number of nitrogens with one attached hydrogen (secondary N) is 2. The molecule has 190 valence electrons. The summed E-state index contributed by atoms with van der Waals surface area (Å²) in [7, 11) is 1.99. The van der Waals surface area contributed by atoms with E-state index < -0.39 is 5.60 Å². The van der Waals surface area contributed by atoms with Crippen LogP contribution >= 0.6 is 0 Å². The maximum Gasteiger partial charge on any atom is 0.227 e. The van der Waals surface area contributed by atoms with E-state index in [9.17, 15) is 9.59 Å². The van der Waals surface area contributed by atoms with Crippen LogP contribution in [0.4, 0.5) is 0 Å². The predicted octanol–water partition coefficient (Wildman–Crippen LogP) is 3.48. The highest BCUT2D eigenvalue weighted by molar-refractivity contribution is 5.80. The third kappa shape index (κ3) is 8.77. The molecule has 1 aliphatic heterocycles. The molecule has 2 amide bonds. The van der Waals surface area contributed by atoms with Crippen molar-refractivity contribution in [3.63, 3.8) is 0 Å². The first-order valence-electron chi connectivity index (χ1n) is 12.2. The number of aliphatic hydroxyl groups is 1. The number of hydrogen-bond donors (Lipinski definition) is 3. The molecule has 1 aliphatic carbocycles. The van der Waals surface area contributed by atoms with E-state index in [2.05, 4.69) is 73.4 Å². The van der Waals surface area contributed by atoms with Crippen molar-refractivity contribution in [3.8, 4) is 12.8 Å². The van der Waals surface area contributed by atoms with Crippen LogP contribution in [0.2, 0.25) is 0 Å². The standard InChI is InChI=1S/C21H32N2O.C5H11NO2.C2H2/c1-15-8-10-16(11-9-15)18-12-13-23(14-21(18,2)3)20(24)17-6-5-7-19(17)22-4;1-5(2,8)3-6-4-7;1-2/h8-11,17-19,22H,5-7,12-14H2,1-4H3;4,8H,3H2,1-2H3,(H,6,7);1-2H/t17-,18?,19+;;/m0../s1. The van der Waals surface area contributed by atoms with Crippen molar-refractivity contribution < 1.29 is 14.7 Å². The van der Waals surface area contributed by atoms with Crippen molar-refractivity contribution >= 4 is 12.3 Å². The monoisotopic (exact) mass is 471 g/mol. The van der Waals surface area contributed by atoms with Crippen molar-refractivity contribution in [1.29, 1.82) is 0 Å². The van der Waals surface area contributed by atoms with Crippen LogP contribution in [-0.4, -0.2) is 60.6 Å².